The van der Waals surface area contributed by atoms with Crippen LogP contribution < -0.4 is 5.32 Å². The Balaban J connectivity index is 2.19. The number of benzene rings is 1. The van der Waals surface area contributed by atoms with Crippen molar-refractivity contribution in [1.29, 1.82) is 0 Å². The van der Waals surface area contributed by atoms with Crippen molar-refractivity contribution in [3.8, 4) is 0 Å². The number of nitrogens with zero attached hydrogens (tertiary/aromatic N) is 1. The molecule has 1 N–H and O–H groups in total. The standard InChI is InChI=1S/C13H14ClFN2O2/c1-8-13(19)17(6-5-11(18)16-8)7-9-3-2-4-10(14)12(9)15/h2-4,8H,5-7H2,1H3,(H,16,18). The van der Waals surface area contributed by atoms with Gasteiger partial charge in [0.2, 0.25) is 11.8 Å². The number of amides is 2. The molecule has 2 amide bonds. The third kappa shape index (κ3) is 3.04. The molecule has 1 heterocycles. The van der Waals surface area contributed by atoms with Crippen LogP contribution in [0.4, 0.5) is 4.39 Å². The molecule has 1 aliphatic heterocycles. The minimum Gasteiger partial charge on any atom is -0.345 e. The third-order valence-corrected chi connectivity index (χ3v) is 3.35. The Labute approximate surface area is 115 Å². The van der Waals surface area contributed by atoms with E-state index in [9.17, 15) is 14.0 Å². The number of carbonyl (C=O) groups is 2. The number of carbonyl (C=O) groups excluding carboxylic acids is 2. The van der Waals surface area contributed by atoms with Crippen LogP contribution in [-0.4, -0.2) is 29.3 Å². The lowest BCUT2D eigenvalue weighted by atomic mass is 10.2. The molecule has 4 nitrogen and oxygen atoms in total. The average molecular weight is 285 g/mol. The van der Waals surface area contributed by atoms with Gasteiger partial charge in [0.05, 0.1) is 5.02 Å². The Morgan fingerprint density at radius 2 is 2.21 bits per heavy atom. The highest BCUT2D eigenvalue weighted by atomic mass is 35.5. The molecule has 0 saturated carbocycles. The fourth-order valence-electron chi connectivity index (χ4n) is 2.03. The molecule has 1 aromatic rings. The lowest BCUT2D eigenvalue weighted by Crippen LogP contribution is -2.42. The van der Waals surface area contributed by atoms with E-state index in [0.29, 0.717) is 5.56 Å². The summed E-state index contributed by atoms with van der Waals surface area (Å²) in [4.78, 5) is 24.9. The van der Waals surface area contributed by atoms with Gasteiger partial charge in [-0.2, -0.15) is 0 Å². The topological polar surface area (TPSA) is 49.4 Å². The maximum Gasteiger partial charge on any atom is 0.245 e. The Morgan fingerprint density at radius 3 is 2.95 bits per heavy atom. The van der Waals surface area contributed by atoms with Gasteiger partial charge in [-0.05, 0) is 13.0 Å². The highest BCUT2D eigenvalue weighted by Gasteiger charge is 2.27. The molecular formula is C13H14ClFN2O2. The van der Waals surface area contributed by atoms with E-state index >= 15 is 0 Å². The van der Waals surface area contributed by atoms with Gasteiger partial charge in [-0.3, -0.25) is 9.59 Å². The Bertz CT molecular complexity index is 521. The van der Waals surface area contributed by atoms with Crippen LogP contribution in [0.2, 0.25) is 5.02 Å². The molecule has 0 aliphatic carbocycles. The fraction of sp³-hybridized carbons (Fsp3) is 0.385. The smallest absolute Gasteiger partial charge is 0.245 e. The maximum absolute atomic E-state index is 13.8. The molecule has 1 saturated heterocycles. The number of hydrogen-bond acceptors (Lipinski definition) is 2. The van der Waals surface area contributed by atoms with Gasteiger partial charge in [-0.1, -0.05) is 23.7 Å². The first-order valence-electron chi connectivity index (χ1n) is 6.00. The monoisotopic (exact) mass is 284 g/mol. The number of rotatable bonds is 2. The van der Waals surface area contributed by atoms with Crippen LogP contribution in [0.1, 0.15) is 18.9 Å². The number of nitrogens with one attached hydrogen (secondary N) is 1. The molecule has 0 radical (unpaired) electrons. The Morgan fingerprint density at radius 1 is 1.47 bits per heavy atom. The summed E-state index contributed by atoms with van der Waals surface area (Å²) in [6, 6.07) is 4.09. The first kappa shape index (κ1) is 13.8. The molecule has 102 valence electrons. The lowest BCUT2D eigenvalue weighted by molar-refractivity contribution is -0.133. The summed E-state index contributed by atoms with van der Waals surface area (Å²) in [6.45, 7) is 2.01. The summed E-state index contributed by atoms with van der Waals surface area (Å²) < 4.78 is 13.8. The van der Waals surface area contributed by atoms with Crippen molar-refractivity contribution in [2.75, 3.05) is 6.54 Å². The van der Waals surface area contributed by atoms with Crippen LogP contribution in [0.15, 0.2) is 18.2 Å². The predicted octanol–water partition coefficient (Wildman–Crippen LogP) is 1.72. The SMILES string of the molecule is CC1NC(=O)CCN(Cc2cccc(Cl)c2F)C1=O. The van der Waals surface area contributed by atoms with Crippen LogP contribution in [0, 0.1) is 5.82 Å². The van der Waals surface area contributed by atoms with E-state index in [2.05, 4.69) is 5.32 Å². The highest BCUT2D eigenvalue weighted by molar-refractivity contribution is 6.30. The molecule has 19 heavy (non-hydrogen) atoms. The summed E-state index contributed by atoms with van der Waals surface area (Å²) in [5, 5.41) is 2.61. The molecule has 1 aliphatic rings. The fourth-order valence-corrected chi connectivity index (χ4v) is 2.22. The van der Waals surface area contributed by atoms with Crippen molar-refractivity contribution >= 4 is 23.4 Å². The first-order chi connectivity index (χ1) is 8.99. The summed E-state index contributed by atoms with van der Waals surface area (Å²) in [5.74, 6) is -0.909. The van der Waals surface area contributed by atoms with Crippen molar-refractivity contribution in [3.63, 3.8) is 0 Å². The van der Waals surface area contributed by atoms with Gasteiger partial charge in [0, 0.05) is 25.1 Å². The van der Waals surface area contributed by atoms with Crippen molar-refractivity contribution in [1.82, 2.24) is 10.2 Å². The quantitative estimate of drug-likeness (QED) is 0.899. The third-order valence-electron chi connectivity index (χ3n) is 3.06. The summed E-state index contributed by atoms with van der Waals surface area (Å²) in [7, 11) is 0. The van der Waals surface area contributed by atoms with Crippen molar-refractivity contribution in [2.45, 2.75) is 25.9 Å². The van der Waals surface area contributed by atoms with E-state index in [0.717, 1.165) is 0 Å². The molecule has 0 spiro atoms. The molecule has 1 aromatic carbocycles. The van der Waals surface area contributed by atoms with E-state index in [1.807, 2.05) is 0 Å². The molecule has 1 fully saturated rings. The largest absolute Gasteiger partial charge is 0.345 e. The van der Waals surface area contributed by atoms with E-state index in [4.69, 9.17) is 11.6 Å². The van der Waals surface area contributed by atoms with Gasteiger partial charge in [-0.25, -0.2) is 4.39 Å². The molecule has 1 unspecified atom stereocenters. The number of hydrogen-bond donors (Lipinski definition) is 1. The van der Waals surface area contributed by atoms with Crippen LogP contribution >= 0.6 is 11.6 Å². The Kier molecular flexibility index (Phi) is 4.04. The number of halogens is 2. The lowest BCUT2D eigenvalue weighted by Gasteiger charge is -2.22. The Hall–Kier alpha value is -1.62. The van der Waals surface area contributed by atoms with E-state index < -0.39 is 11.9 Å². The second-order valence-corrected chi connectivity index (χ2v) is 4.92. The van der Waals surface area contributed by atoms with E-state index in [1.165, 1.54) is 11.0 Å². The normalized spacial score (nSPS) is 20.2. The minimum absolute atomic E-state index is 0.0296. The molecule has 0 aromatic heterocycles. The van der Waals surface area contributed by atoms with Gasteiger partial charge in [0.1, 0.15) is 11.9 Å². The van der Waals surface area contributed by atoms with Crippen molar-refractivity contribution < 1.29 is 14.0 Å². The average Bonchev–Trinajstić information content (AvgIpc) is 2.48. The summed E-state index contributed by atoms with van der Waals surface area (Å²) in [5.41, 5.74) is 0.349. The summed E-state index contributed by atoms with van der Waals surface area (Å²) >= 11 is 5.71. The zero-order chi connectivity index (χ0) is 14.0. The molecule has 6 heteroatoms. The van der Waals surface area contributed by atoms with Crippen LogP contribution in [0.25, 0.3) is 0 Å². The second kappa shape index (κ2) is 5.57. The van der Waals surface area contributed by atoms with Crippen molar-refractivity contribution in [2.24, 2.45) is 0 Å². The highest BCUT2D eigenvalue weighted by Crippen LogP contribution is 2.20. The minimum atomic E-state index is -0.586. The second-order valence-electron chi connectivity index (χ2n) is 4.51. The van der Waals surface area contributed by atoms with Gasteiger partial charge in [0.15, 0.2) is 0 Å². The summed E-state index contributed by atoms with van der Waals surface area (Å²) in [6.07, 6.45) is 0.221. The zero-order valence-corrected chi connectivity index (χ0v) is 11.2. The predicted molar refractivity (Wildman–Crippen MR) is 69.0 cm³/mol. The molecule has 1 atom stereocenters. The van der Waals surface area contributed by atoms with Gasteiger partial charge in [0.25, 0.3) is 0 Å². The first-order valence-corrected chi connectivity index (χ1v) is 6.38. The maximum atomic E-state index is 13.8. The molecule has 0 bridgehead atoms. The van der Waals surface area contributed by atoms with Crippen molar-refractivity contribution in [3.05, 3.63) is 34.6 Å². The molecular weight excluding hydrogens is 271 g/mol. The van der Waals surface area contributed by atoms with Gasteiger partial charge in [-0.15, -0.1) is 0 Å². The molecule has 2 rings (SSSR count). The van der Waals surface area contributed by atoms with E-state index in [-0.39, 0.29) is 36.3 Å². The zero-order valence-electron chi connectivity index (χ0n) is 10.5. The van der Waals surface area contributed by atoms with Gasteiger partial charge >= 0.3 is 0 Å². The van der Waals surface area contributed by atoms with E-state index in [1.54, 1.807) is 19.1 Å². The van der Waals surface area contributed by atoms with Crippen LogP contribution in [-0.2, 0) is 16.1 Å². The van der Waals surface area contributed by atoms with Crippen LogP contribution in [0.3, 0.4) is 0 Å². The van der Waals surface area contributed by atoms with Crippen LogP contribution in [0.5, 0.6) is 0 Å². The van der Waals surface area contributed by atoms with Gasteiger partial charge < -0.3 is 10.2 Å².